The van der Waals surface area contributed by atoms with E-state index in [9.17, 15) is 14.4 Å². The average molecular weight is 966 g/mol. The SMILES string of the molecule is CCCCC/C=C\C/C=C\C/C=C\C/C=C\CCCC(=O)OC(COC(=O)CCCCCCC/C=C\CCCCCCCCC)COC(=O)CCCCCCCCCCCCCCCCCCCC. The van der Waals surface area contributed by atoms with Gasteiger partial charge in [-0.25, -0.2) is 0 Å². The van der Waals surface area contributed by atoms with Gasteiger partial charge in [0.05, 0.1) is 0 Å². The van der Waals surface area contributed by atoms with Crippen LogP contribution in [0.15, 0.2) is 60.8 Å². The molecule has 0 aromatic carbocycles. The molecular formula is C63H112O6. The number of hydrogen-bond acceptors (Lipinski definition) is 6. The van der Waals surface area contributed by atoms with Crippen LogP contribution in [0, 0.1) is 0 Å². The van der Waals surface area contributed by atoms with Gasteiger partial charge in [-0.1, -0.05) is 261 Å². The smallest absolute Gasteiger partial charge is 0.306 e. The Hall–Kier alpha value is -2.89. The second-order valence-electron chi connectivity index (χ2n) is 19.9. The summed E-state index contributed by atoms with van der Waals surface area (Å²) in [6, 6.07) is 0. The number of rotatable bonds is 54. The van der Waals surface area contributed by atoms with Gasteiger partial charge in [0.15, 0.2) is 6.10 Å². The Labute approximate surface area is 428 Å². The van der Waals surface area contributed by atoms with Gasteiger partial charge < -0.3 is 14.2 Å². The number of allylic oxidation sites excluding steroid dienone is 10. The molecule has 0 rings (SSSR count). The summed E-state index contributed by atoms with van der Waals surface area (Å²) in [4.78, 5) is 38.2. The molecule has 0 aliphatic heterocycles. The van der Waals surface area contributed by atoms with E-state index in [4.69, 9.17) is 14.2 Å². The number of unbranched alkanes of at least 4 members (excludes halogenated alkanes) is 33. The zero-order chi connectivity index (χ0) is 50.0. The third-order valence-electron chi connectivity index (χ3n) is 13.0. The molecule has 6 heteroatoms. The van der Waals surface area contributed by atoms with Gasteiger partial charge in [0.2, 0.25) is 0 Å². The number of carbonyl (C=O) groups excluding carboxylic acids is 3. The topological polar surface area (TPSA) is 78.9 Å². The molecule has 6 nitrogen and oxygen atoms in total. The van der Waals surface area contributed by atoms with Gasteiger partial charge in [0.1, 0.15) is 13.2 Å². The van der Waals surface area contributed by atoms with E-state index in [0.29, 0.717) is 19.3 Å². The van der Waals surface area contributed by atoms with Gasteiger partial charge in [0, 0.05) is 19.3 Å². The lowest BCUT2D eigenvalue weighted by molar-refractivity contribution is -0.167. The maximum atomic E-state index is 12.8. The van der Waals surface area contributed by atoms with Crippen LogP contribution in [-0.2, 0) is 28.6 Å². The quantitative estimate of drug-likeness (QED) is 0.0262. The molecule has 0 aliphatic rings. The third-order valence-corrected chi connectivity index (χ3v) is 13.0. The van der Waals surface area contributed by atoms with Crippen LogP contribution < -0.4 is 0 Å². The zero-order valence-electron chi connectivity index (χ0n) is 45.8. The van der Waals surface area contributed by atoms with Crippen LogP contribution in [0.5, 0.6) is 0 Å². The van der Waals surface area contributed by atoms with Crippen molar-refractivity contribution in [3.8, 4) is 0 Å². The molecular weight excluding hydrogens is 853 g/mol. The van der Waals surface area contributed by atoms with Gasteiger partial charge in [-0.3, -0.25) is 14.4 Å². The minimum absolute atomic E-state index is 0.0957. The standard InChI is InChI=1S/C63H112O6/c1-4-7-10-13-16-19-22-25-28-31-33-35-38-41-44-47-50-53-56-62(65)68-59-60(58-67-61(64)55-52-49-46-43-40-37-34-30-27-24-21-18-15-12-9-6-3)69-63(66)57-54-51-48-45-42-39-36-32-29-26-23-20-17-14-11-8-5-2/h17,20,26,29-30,34,36,39,45,48,60H,4-16,18-19,21-25,27-28,31-33,35,37-38,40-44,46-47,49-59H2,1-3H3/b20-17-,29-26-,34-30-,39-36-,48-45-. The summed E-state index contributed by atoms with van der Waals surface area (Å²) in [6.07, 6.45) is 72.2. The van der Waals surface area contributed by atoms with Gasteiger partial charge in [0.25, 0.3) is 0 Å². The Bertz CT molecular complexity index is 1250. The molecule has 0 radical (unpaired) electrons. The third kappa shape index (κ3) is 55.9. The molecule has 0 amide bonds. The van der Waals surface area contributed by atoms with Gasteiger partial charge in [-0.05, 0) is 83.5 Å². The van der Waals surface area contributed by atoms with Gasteiger partial charge in [-0.15, -0.1) is 0 Å². The summed E-state index contributed by atoms with van der Waals surface area (Å²) in [5.41, 5.74) is 0. The molecule has 0 fully saturated rings. The second-order valence-corrected chi connectivity index (χ2v) is 19.9. The van der Waals surface area contributed by atoms with Crippen molar-refractivity contribution in [1.29, 1.82) is 0 Å². The van der Waals surface area contributed by atoms with E-state index in [1.165, 1.54) is 186 Å². The maximum absolute atomic E-state index is 12.8. The Morgan fingerprint density at radius 3 is 0.899 bits per heavy atom. The van der Waals surface area contributed by atoms with Gasteiger partial charge >= 0.3 is 17.9 Å². The Kier molecular flexibility index (Phi) is 55.3. The molecule has 69 heavy (non-hydrogen) atoms. The van der Waals surface area contributed by atoms with Crippen molar-refractivity contribution in [2.45, 2.75) is 309 Å². The Balaban J connectivity index is 4.44. The molecule has 0 aliphatic carbocycles. The Morgan fingerprint density at radius 1 is 0.290 bits per heavy atom. The fourth-order valence-corrected chi connectivity index (χ4v) is 8.49. The highest BCUT2D eigenvalue weighted by Crippen LogP contribution is 2.16. The number of ether oxygens (including phenoxy) is 3. The average Bonchev–Trinajstić information content (AvgIpc) is 3.35. The van der Waals surface area contributed by atoms with Crippen molar-refractivity contribution in [3.63, 3.8) is 0 Å². The molecule has 1 unspecified atom stereocenters. The summed E-state index contributed by atoms with van der Waals surface area (Å²) in [6.45, 7) is 6.59. The molecule has 0 bridgehead atoms. The van der Waals surface area contributed by atoms with Crippen molar-refractivity contribution in [3.05, 3.63) is 60.8 Å². The van der Waals surface area contributed by atoms with Crippen LogP contribution in [-0.4, -0.2) is 37.2 Å². The van der Waals surface area contributed by atoms with Crippen LogP contribution in [0.4, 0.5) is 0 Å². The zero-order valence-corrected chi connectivity index (χ0v) is 45.8. The summed E-state index contributed by atoms with van der Waals surface area (Å²) in [7, 11) is 0. The molecule has 0 saturated carbocycles. The van der Waals surface area contributed by atoms with Crippen LogP contribution in [0.3, 0.4) is 0 Å². The van der Waals surface area contributed by atoms with E-state index in [1.807, 2.05) is 0 Å². The summed E-state index contributed by atoms with van der Waals surface area (Å²) in [5.74, 6) is -0.947. The molecule has 0 spiro atoms. The van der Waals surface area contributed by atoms with E-state index < -0.39 is 6.10 Å². The second kappa shape index (κ2) is 57.7. The van der Waals surface area contributed by atoms with E-state index in [-0.39, 0.29) is 37.5 Å². The van der Waals surface area contributed by atoms with E-state index >= 15 is 0 Å². The van der Waals surface area contributed by atoms with E-state index in [1.54, 1.807) is 0 Å². The minimum Gasteiger partial charge on any atom is -0.462 e. The molecule has 0 heterocycles. The predicted octanol–water partition coefficient (Wildman–Crippen LogP) is 20.0. The van der Waals surface area contributed by atoms with Crippen LogP contribution in [0.1, 0.15) is 303 Å². The van der Waals surface area contributed by atoms with Crippen LogP contribution in [0.2, 0.25) is 0 Å². The first-order chi connectivity index (χ1) is 34.0. The highest BCUT2D eigenvalue weighted by atomic mass is 16.6. The van der Waals surface area contributed by atoms with Crippen molar-refractivity contribution < 1.29 is 28.6 Å². The molecule has 1 atom stereocenters. The predicted molar refractivity (Wildman–Crippen MR) is 298 cm³/mol. The van der Waals surface area contributed by atoms with Crippen molar-refractivity contribution in [1.82, 2.24) is 0 Å². The van der Waals surface area contributed by atoms with Crippen LogP contribution >= 0.6 is 0 Å². The number of hydrogen-bond donors (Lipinski definition) is 0. The van der Waals surface area contributed by atoms with Crippen LogP contribution in [0.25, 0.3) is 0 Å². The number of carbonyl (C=O) groups is 3. The van der Waals surface area contributed by atoms with Crippen molar-refractivity contribution >= 4 is 17.9 Å². The lowest BCUT2D eigenvalue weighted by Gasteiger charge is -2.18. The lowest BCUT2D eigenvalue weighted by atomic mass is 10.0. The molecule has 0 aromatic rings. The number of esters is 3. The summed E-state index contributed by atoms with van der Waals surface area (Å²) in [5, 5.41) is 0. The highest BCUT2D eigenvalue weighted by Gasteiger charge is 2.19. The van der Waals surface area contributed by atoms with E-state index in [2.05, 4.69) is 81.5 Å². The Morgan fingerprint density at radius 2 is 0.536 bits per heavy atom. The highest BCUT2D eigenvalue weighted by molar-refractivity contribution is 5.71. The van der Waals surface area contributed by atoms with Crippen molar-refractivity contribution in [2.24, 2.45) is 0 Å². The van der Waals surface area contributed by atoms with Gasteiger partial charge in [-0.2, -0.15) is 0 Å². The molecule has 0 aromatic heterocycles. The lowest BCUT2D eigenvalue weighted by Crippen LogP contribution is -2.30. The maximum Gasteiger partial charge on any atom is 0.306 e. The first-order valence-electron chi connectivity index (χ1n) is 29.8. The normalized spacial score (nSPS) is 12.4. The monoisotopic (exact) mass is 965 g/mol. The summed E-state index contributed by atoms with van der Waals surface area (Å²) >= 11 is 0. The molecule has 400 valence electrons. The fourth-order valence-electron chi connectivity index (χ4n) is 8.49. The first-order valence-corrected chi connectivity index (χ1v) is 29.8. The first kappa shape index (κ1) is 66.1. The molecule has 0 saturated heterocycles. The van der Waals surface area contributed by atoms with Crippen molar-refractivity contribution in [2.75, 3.05) is 13.2 Å². The minimum atomic E-state index is -0.805. The summed E-state index contributed by atoms with van der Waals surface area (Å²) < 4.78 is 16.8. The van der Waals surface area contributed by atoms with E-state index in [0.717, 1.165) is 70.6 Å². The largest absolute Gasteiger partial charge is 0.462 e. The molecule has 0 N–H and O–H groups in total. The fraction of sp³-hybridized carbons (Fsp3) is 0.794.